The molecule has 1 aromatic heterocycles. The number of aromatic nitrogens is 2. The number of methoxy groups -OCH3 is 1. The molecular weight excluding hydrogens is 516 g/mol. The number of hydrogen-bond donors (Lipinski definition) is 2. The van der Waals surface area contributed by atoms with Crippen LogP contribution in [0.25, 0.3) is 0 Å². The third-order valence-electron chi connectivity index (χ3n) is 5.56. The molecule has 3 rings (SSSR count). The maximum Gasteiger partial charge on any atom is 0.350 e. The molecule has 0 unspecified atom stereocenters. The molecule has 13 heteroatoms. The van der Waals surface area contributed by atoms with Crippen LogP contribution in [0.2, 0.25) is 5.02 Å². The number of benzene rings is 2. The van der Waals surface area contributed by atoms with Crippen LogP contribution in [0.4, 0.5) is 11.4 Å². The lowest BCUT2D eigenvalue weighted by Gasteiger charge is -2.16. The van der Waals surface area contributed by atoms with E-state index in [1.807, 2.05) is 6.92 Å². The van der Waals surface area contributed by atoms with Crippen LogP contribution in [0.15, 0.2) is 53.8 Å². The normalized spacial score (nSPS) is 12.8. The number of carbonyl (C=O) groups excluding carboxylic acids is 2. The van der Waals surface area contributed by atoms with Crippen molar-refractivity contribution in [2.24, 2.45) is 5.10 Å². The highest BCUT2D eigenvalue weighted by Crippen LogP contribution is 2.26. The molecule has 0 saturated carbocycles. The van der Waals surface area contributed by atoms with E-state index in [0.717, 1.165) is 16.4 Å². The monoisotopic (exact) mass is 542 g/mol. The van der Waals surface area contributed by atoms with Gasteiger partial charge in [0.25, 0.3) is 11.8 Å². The number of hydrogen-bond acceptors (Lipinski definition) is 8. The number of anilines is 1. The first kappa shape index (κ1) is 28.1. The lowest BCUT2D eigenvalue weighted by Crippen LogP contribution is -2.30. The van der Waals surface area contributed by atoms with Gasteiger partial charge in [0.1, 0.15) is 18.0 Å². The molecular formula is C25H27ClN6O6. The third kappa shape index (κ3) is 6.85. The molecule has 0 bridgehead atoms. The van der Waals surface area contributed by atoms with Crippen LogP contribution in [0.1, 0.15) is 37.9 Å². The molecule has 200 valence electrons. The highest BCUT2D eigenvalue weighted by atomic mass is 35.5. The number of aryl methyl sites for hydroxylation is 1. The SMILES string of the molecule is COc1nn([C@@H](C)C(=O)NN=C(C)c2ccc(NC(=O)[C@@H](C)Oc3ccc(Cl)cc3C)cc2)cc1[N+](=O)[O-]. The molecule has 2 aromatic carbocycles. The average molecular weight is 543 g/mol. The molecule has 0 aliphatic rings. The van der Waals surface area contributed by atoms with Gasteiger partial charge >= 0.3 is 11.6 Å². The molecule has 2 N–H and O–H groups in total. The van der Waals surface area contributed by atoms with Crippen LogP contribution in [-0.4, -0.2) is 45.4 Å². The van der Waals surface area contributed by atoms with Crippen LogP contribution in [0, 0.1) is 17.0 Å². The summed E-state index contributed by atoms with van der Waals surface area (Å²) < 4.78 is 11.8. The first-order chi connectivity index (χ1) is 18.0. The summed E-state index contributed by atoms with van der Waals surface area (Å²) in [6.45, 7) is 6.71. The molecule has 1 heterocycles. The van der Waals surface area contributed by atoms with Gasteiger partial charge in [0.05, 0.1) is 17.7 Å². The van der Waals surface area contributed by atoms with Crippen molar-refractivity contribution in [2.75, 3.05) is 12.4 Å². The van der Waals surface area contributed by atoms with Gasteiger partial charge in [-0.15, -0.1) is 5.10 Å². The Hall–Kier alpha value is -4.45. The smallest absolute Gasteiger partial charge is 0.350 e. The molecule has 0 aliphatic carbocycles. The van der Waals surface area contributed by atoms with Gasteiger partial charge in [-0.3, -0.25) is 19.7 Å². The fourth-order valence-electron chi connectivity index (χ4n) is 3.28. The highest BCUT2D eigenvalue weighted by Gasteiger charge is 2.25. The van der Waals surface area contributed by atoms with Gasteiger partial charge in [-0.2, -0.15) is 5.10 Å². The maximum absolute atomic E-state index is 12.6. The first-order valence-corrected chi connectivity index (χ1v) is 11.8. The molecule has 2 atom stereocenters. The summed E-state index contributed by atoms with van der Waals surface area (Å²) >= 11 is 5.96. The van der Waals surface area contributed by atoms with Crippen molar-refractivity contribution in [3.8, 4) is 11.6 Å². The number of rotatable bonds is 10. The summed E-state index contributed by atoms with van der Waals surface area (Å²) in [5.74, 6) is -0.476. The van der Waals surface area contributed by atoms with E-state index in [-0.39, 0.29) is 17.5 Å². The van der Waals surface area contributed by atoms with E-state index in [1.165, 1.54) is 14.0 Å². The Bertz CT molecular complexity index is 1370. The third-order valence-corrected chi connectivity index (χ3v) is 5.80. The van der Waals surface area contributed by atoms with Gasteiger partial charge < -0.3 is 14.8 Å². The van der Waals surface area contributed by atoms with Crippen molar-refractivity contribution in [1.29, 1.82) is 0 Å². The van der Waals surface area contributed by atoms with Gasteiger partial charge in [0.2, 0.25) is 0 Å². The van der Waals surface area contributed by atoms with E-state index in [1.54, 1.807) is 56.3 Å². The predicted molar refractivity (Wildman–Crippen MR) is 142 cm³/mol. The van der Waals surface area contributed by atoms with Gasteiger partial charge in [-0.25, -0.2) is 10.1 Å². The van der Waals surface area contributed by atoms with Crippen molar-refractivity contribution >= 4 is 40.5 Å². The molecule has 0 saturated heterocycles. The number of carbonyl (C=O) groups is 2. The highest BCUT2D eigenvalue weighted by molar-refractivity contribution is 6.30. The minimum Gasteiger partial charge on any atom is -0.481 e. The second-order valence-electron chi connectivity index (χ2n) is 8.35. The predicted octanol–water partition coefficient (Wildman–Crippen LogP) is 4.27. The van der Waals surface area contributed by atoms with E-state index in [9.17, 15) is 19.7 Å². The summed E-state index contributed by atoms with van der Waals surface area (Å²) in [5.41, 5.74) is 4.67. The van der Waals surface area contributed by atoms with Crippen LogP contribution < -0.4 is 20.2 Å². The number of nitrogens with zero attached hydrogens (tertiary/aromatic N) is 4. The fourth-order valence-corrected chi connectivity index (χ4v) is 3.51. The zero-order chi connectivity index (χ0) is 28.0. The molecule has 0 aliphatic heterocycles. The van der Waals surface area contributed by atoms with Crippen LogP contribution >= 0.6 is 11.6 Å². The number of amides is 2. The summed E-state index contributed by atoms with van der Waals surface area (Å²) in [6.07, 6.45) is 0.376. The van der Waals surface area contributed by atoms with Crippen molar-refractivity contribution in [1.82, 2.24) is 15.2 Å². The number of nitrogens with one attached hydrogen (secondary N) is 2. The van der Waals surface area contributed by atoms with Crippen LogP contribution in [0.3, 0.4) is 0 Å². The molecule has 0 spiro atoms. The summed E-state index contributed by atoms with van der Waals surface area (Å²) in [4.78, 5) is 35.5. The zero-order valence-electron chi connectivity index (χ0n) is 21.4. The quantitative estimate of drug-likeness (QED) is 0.220. The second-order valence-corrected chi connectivity index (χ2v) is 8.78. The second kappa shape index (κ2) is 12.2. The number of hydrazone groups is 1. The largest absolute Gasteiger partial charge is 0.481 e. The molecule has 0 fully saturated rings. The summed E-state index contributed by atoms with van der Waals surface area (Å²) in [5, 5.41) is 22.5. The summed E-state index contributed by atoms with van der Waals surface area (Å²) in [7, 11) is 1.26. The number of halogens is 1. The number of ether oxygens (including phenoxy) is 2. The Morgan fingerprint density at radius 2 is 1.84 bits per heavy atom. The Labute approximate surface area is 223 Å². The zero-order valence-corrected chi connectivity index (χ0v) is 22.1. The van der Waals surface area contributed by atoms with Crippen molar-refractivity contribution in [3.05, 3.63) is 74.9 Å². The average Bonchev–Trinajstić information content (AvgIpc) is 3.33. The van der Waals surface area contributed by atoms with Crippen molar-refractivity contribution in [2.45, 2.75) is 39.8 Å². The van der Waals surface area contributed by atoms with Gasteiger partial charge in [0, 0.05) is 10.7 Å². The van der Waals surface area contributed by atoms with Gasteiger partial charge in [-0.05, 0) is 69.2 Å². The minimum absolute atomic E-state index is 0.192. The minimum atomic E-state index is -0.882. The van der Waals surface area contributed by atoms with Crippen LogP contribution in [0.5, 0.6) is 11.6 Å². The standard InChI is InChI=1S/C25H27ClN6O6/c1-14-12-19(26)8-11-22(14)38-17(4)24(34)27-20-9-6-18(7-10-20)15(2)28-29-23(33)16(3)31-13-21(32(35)36)25(30-31)37-5/h6-13,16-17H,1-5H3,(H,27,34)(H,29,33)/t16-,17+/m0/s1. The van der Waals surface area contributed by atoms with Crippen molar-refractivity contribution in [3.63, 3.8) is 0 Å². The van der Waals surface area contributed by atoms with Crippen molar-refractivity contribution < 1.29 is 24.0 Å². The summed E-state index contributed by atoms with van der Waals surface area (Å²) in [6, 6.07) is 11.2. The molecule has 2 amide bonds. The topological polar surface area (TPSA) is 150 Å². The lowest BCUT2D eigenvalue weighted by molar-refractivity contribution is -0.385. The Morgan fingerprint density at radius 3 is 2.42 bits per heavy atom. The van der Waals surface area contributed by atoms with Gasteiger partial charge in [-0.1, -0.05) is 23.7 Å². The number of nitro groups is 1. The van der Waals surface area contributed by atoms with E-state index in [2.05, 4.69) is 20.9 Å². The van der Waals surface area contributed by atoms with Gasteiger partial charge in [0.15, 0.2) is 6.10 Å². The fraction of sp³-hybridized carbons (Fsp3) is 0.280. The lowest BCUT2D eigenvalue weighted by atomic mass is 10.1. The van der Waals surface area contributed by atoms with E-state index in [0.29, 0.717) is 27.7 Å². The molecule has 38 heavy (non-hydrogen) atoms. The Morgan fingerprint density at radius 1 is 1.16 bits per heavy atom. The Kier molecular flexibility index (Phi) is 9.02. The van der Waals surface area contributed by atoms with E-state index < -0.39 is 23.0 Å². The molecule has 0 radical (unpaired) electrons. The maximum atomic E-state index is 12.6. The Balaban J connectivity index is 1.58. The molecule has 3 aromatic rings. The van der Waals surface area contributed by atoms with E-state index in [4.69, 9.17) is 21.1 Å². The first-order valence-electron chi connectivity index (χ1n) is 11.5. The van der Waals surface area contributed by atoms with Crippen LogP contribution in [-0.2, 0) is 9.59 Å². The van der Waals surface area contributed by atoms with E-state index >= 15 is 0 Å². The molecule has 12 nitrogen and oxygen atoms in total.